The number of nitrogens with one attached hydrogen (secondary N) is 1. The summed E-state index contributed by atoms with van der Waals surface area (Å²) < 4.78 is 2.50. The van der Waals surface area contributed by atoms with E-state index in [1.165, 1.54) is 11.3 Å². The van der Waals surface area contributed by atoms with Crippen LogP contribution in [0.25, 0.3) is 5.69 Å². The van der Waals surface area contributed by atoms with Crippen LogP contribution in [0.1, 0.15) is 40.2 Å². The highest BCUT2D eigenvalue weighted by molar-refractivity contribution is 7.17. The first kappa shape index (κ1) is 19.7. The van der Waals surface area contributed by atoms with Crippen LogP contribution in [0.3, 0.4) is 0 Å². The number of carbonyl (C=O) groups excluding carboxylic acids is 2. The molecule has 0 aliphatic carbocycles. The lowest BCUT2D eigenvalue weighted by Gasteiger charge is -2.28. The Morgan fingerprint density at radius 1 is 1.28 bits per heavy atom. The van der Waals surface area contributed by atoms with E-state index in [4.69, 9.17) is 11.6 Å². The average molecular weight is 429 g/mol. The number of anilines is 1. The lowest BCUT2D eigenvalue weighted by Crippen LogP contribution is -2.35. The van der Waals surface area contributed by atoms with Crippen molar-refractivity contribution in [3.05, 3.63) is 63.3 Å². The van der Waals surface area contributed by atoms with E-state index in [2.05, 4.69) is 16.4 Å². The first-order valence-corrected chi connectivity index (χ1v) is 10.7. The summed E-state index contributed by atoms with van der Waals surface area (Å²) in [4.78, 5) is 31.2. The Hall–Kier alpha value is -2.64. The number of hydrogen-bond acceptors (Lipinski definition) is 4. The van der Waals surface area contributed by atoms with Gasteiger partial charge in [-0.3, -0.25) is 9.59 Å². The summed E-state index contributed by atoms with van der Waals surface area (Å²) in [5.41, 5.74) is 3.75. The molecule has 0 atom stereocenters. The van der Waals surface area contributed by atoms with Crippen molar-refractivity contribution < 1.29 is 9.59 Å². The Labute approximate surface area is 178 Å². The molecule has 0 bridgehead atoms. The maximum atomic E-state index is 12.2. The summed E-state index contributed by atoms with van der Waals surface area (Å²) >= 11 is 7.12. The molecule has 1 saturated heterocycles. The molecule has 6 nitrogen and oxygen atoms in total. The van der Waals surface area contributed by atoms with Crippen molar-refractivity contribution in [1.82, 2.24) is 14.9 Å². The van der Waals surface area contributed by atoms with E-state index in [0.717, 1.165) is 42.0 Å². The van der Waals surface area contributed by atoms with E-state index in [0.29, 0.717) is 22.2 Å². The highest BCUT2D eigenvalue weighted by Gasteiger charge is 2.21. The quantitative estimate of drug-likeness (QED) is 0.657. The molecule has 3 heterocycles. The number of carbonyl (C=O) groups is 2. The van der Waals surface area contributed by atoms with E-state index < -0.39 is 0 Å². The number of rotatable bonds is 5. The molecule has 0 radical (unpaired) electrons. The maximum Gasteiger partial charge on any atom is 0.261 e. The Morgan fingerprint density at radius 3 is 2.86 bits per heavy atom. The second kappa shape index (κ2) is 8.39. The fraction of sp³-hybridized carbons (Fsp3) is 0.286. The van der Waals surface area contributed by atoms with Gasteiger partial charge in [0.2, 0.25) is 5.91 Å². The second-order valence-electron chi connectivity index (χ2n) is 7.03. The fourth-order valence-corrected chi connectivity index (χ4v) is 4.41. The number of nitrogens with zero attached hydrogens (tertiary/aromatic N) is 3. The van der Waals surface area contributed by atoms with Crippen molar-refractivity contribution in [3.63, 3.8) is 0 Å². The molecule has 29 heavy (non-hydrogen) atoms. The van der Waals surface area contributed by atoms with E-state index in [-0.39, 0.29) is 11.8 Å². The fourth-order valence-electron chi connectivity index (χ4n) is 3.45. The normalized spacial score (nSPS) is 14.3. The van der Waals surface area contributed by atoms with Crippen LogP contribution >= 0.6 is 22.9 Å². The van der Waals surface area contributed by atoms with Gasteiger partial charge in [0, 0.05) is 30.5 Å². The number of imidazole rings is 1. The lowest BCUT2D eigenvalue weighted by atomic mass is 10.1. The summed E-state index contributed by atoms with van der Waals surface area (Å²) in [5.74, 6) is 0.0302. The smallest absolute Gasteiger partial charge is 0.261 e. The molecule has 1 aliphatic rings. The molecule has 1 fully saturated rings. The molecule has 1 N–H and O–H groups in total. The number of benzene rings is 1. The van der Waals surface area contributed by atoms with Crippen LogP contribution in [0, 0.1) is 6.92 Å². The molecule has 0 spiro atoms. The summed E-state index contributed by atoms with van der Waals surface area (Å²) in [6.07, 6.45) is 6.25. The van der Waals surface area contributed by atoms with Crippen LogP contribution in [0.5, 0.6) is 0 Å². The number of hydrogen-bond donors (Lipinski definition) is 1. The zero-order valence-electron chi connectivity index (χ0n) is 16.0. The predicted octanol–water partition coefficient (Wildman–Crippen LogP) is 4.34. The summed E-state index contributed by atoms with van der Waals surface area (Å²) in [7, 11) is 0. The molecule has 0 unspecified atom stereocenters. The van der Waals surface area contributed by atoms with Gasteiger partial charge in [-0.25, -0.2) is 4.98 Å². The van der Waals surface area contributed by atoms with Crippen LogP contribution in [0.2, 0.25) is 4.34 Å². The van der Waals surface area contributed by atoms with E-state index >= 15 is 0 Å². The number of aromatic nitrogens is 2. The molecular formula is C21H21ClN4O2S. The number of piperidine rings is 1. The Morgan fingerprint density at radius 2 is 2.14 bits per heavy atom. The molecule has 0 saturated carbocycles. The van der Waals surface area contributed by atoms with Gasteiger partial charge < -0.3 is 14.8 Å². The number of halogens is 1. The second-order valence-corrected chi connectivity index (χ2v) is 8.75. The van der Waals surface area contributed by atoms with Crippen molar-refractivity contribution in [2.45, 2.75) is 32.7 Å². The highest BCUT2D eigenvalue weighted by atomic mass is 35.5. The average Bonchev–Trinajstić information content (AvgIpc) is 3.36. The van der Waals surface area contributed by atoms with Gasteiger partial charge >= 0.3 is 0 Å². The highest BCUT2D eigenvalue weighted by Crippen LogP contribution is 2.27. The topological polar surface area (TPSA) is 67.2 Å². The molecule has 150 valence electrons. The molecule has 1 aliphatic heterocycles. The number of amides is 2. The van der Waals surface area contributed by atoms with Gasteiger partial charge in [-0.2, -0.15) is 0 Å². The molecule has 1 aromatic carbocycles. The molecular weight excluding hydrogens is 408 g/mol. The zero-order chi connectivity index (χ0) is 20.4. The van der Waals surface area contributed by atoms with Crippen molar-refractivity contribution in [2.24, 2.45) is 0 Å². The third-order valence-corrected chi connectivity index (χ3v) is 6.19. The third kappa shape index (κ3) is 4.36. The van der Waals surface area contributed by atoms with E-state index in [1.807, 2.05) is 34.7 Å². The van der Waals surface area contributed by atoms with Crippen molar-refractivity contribution in [1.29, 1.82) is 0 Å². The number of aryl methyl sites for hydroxylation is 1. The van der Waals surface area contributed by atoms with E-state index in [9.17, 15) is 9.59 Å². The number of thiophene rings is 1. The first-order valence-electron chi connectivity index (χ1n) is 9.49. The minimum Gasteiger partial charge on any atom is -0.346 e. The molecule has 4 rings (SSSR count). The first-order chi connectivity index (χ1) is 14.0. The Kier molecular flexibility index (Phi) is 5.69. The predicted molar refractivity (Wildman–Crippen MR) is 115 cm³/mol. The largest absolute Gasteiger partial charge is 0.346 e. The third-order valence-electron chi connectivity index (χ3n) is 4.96. The van der Waals surface area contributed by atoms with Gasteiger partial charge in [0.15, 0.2) is 0 Å². The molecule has 3 aromatic rings. The molecule has 2 aromatic heterocycles. The molecule has 2 amide bonds. The lowest BCUT2D eigenvalue weighted by molar-refractivity contribution is -0.119. The minimum absolute atomic E-state index is 0.164. The van der Waals surface area contributed by atoms with Crippen molar-refractivity contribution in [2.75, 3.05) is 11.4 Å². The standard InChI is InChI=1S/C21H21ClN4O2S/c1-14-10-16(5-6-17(14)26-9-3-2-4-20(26)27)25-12-15(24-13-25)11-23-21(28)18-7-8-19(22)29-18/h5-8,10,12-13H,2-4,9,11H2,1H3,(H,23,28). The maximum absolute atomic E-state index is 12.2. The van der Waals surface area contributed by atoms with Crippen LogP contribution in [0.4, 0.5) is 5.69 Å². The van der Waals surface area contributed by atoms with Gasteiger partial charge in [0.1, 0.15) is 0 Å². The van der Waals surface area contributed by atoms with E-state index in [1.54, 1.807) is 18.5 Å². The zero-order valence-corrected chi connectivity index (χ0v) is 17.6. The van der Waals surface area contributed by atoms with Crippen LogP contribution < -0.4 is 10.2 Å². The summed E-state index contributed by atoms with van der Waals surface area (Å²) in [6.45, 7) is 3.13. The Bertz CT molecular complexity index is 1060. The van der Waals surface area contributed by atoms with Crippen molar-refractivity contribution in [3.8, 4) is 5.69 Å². The summed E-state index contributed by atoms with van der Waals surface area (Å²) in [5, 5.41) is 2.85. The van der Waals surface area contributed by atoms with Crippen LogP contribution in [-0.2, 0) is 11.3 Å². The Balaban J connectivity index is 1.44. The molecule has 8 heteroatoms. The van der Waals surface area contributed by atoms with Gasteiger partial charge in [-0.05, 0) is 55.7 Å². The SMILES string of the molecule is Cc1cc(-n2cnc(CNC(=O)c3ccc(Cl)s3)c2)ccc1N1CCCCC1=O. The summed E-state index contributed by atoms with van der Waals surface area (Å²) in [6, 6.07) is 9.45. The van der Waals surface area contributed by atoms with Gasteiger partial charge in [-0.1, -0.05) is 11.6 Å². The minimum atomic E-state index is -0.164. The van der Waals surface area contributed by atoms with Crippen LogP contribution in [0.15, 0.2) is 42.9 Å². The van der Waals surface area contributed by atoms with Gasteiger partial charge in [0.05, 0.1) is 27.8 Å². The van der Waals surface area contributed by atoms with Crippen LogP contribution in [-0.4, -0.2) is 27.9 Å². The monoisotopic (exact) mass is 428 g/mol. The van der Waals surface area contributed by atoms with Gasteiger partial charge in [0.25, 0.3) is 5.91 Å². The van der Waals surface area contributed by atoms with Crippen molar-refractivity contribution >= 4 is 40.4 Å². The van der Waals surface area contributed by atoms with Gasteiger partial charge in [-0.15, -0.1) is 11.3 Å².